The number of benzene rings is 8. The summed E-state index contributed by atoms with van der Waals surface area (Å²) in [7, 11) is 0. The normalized spacial score (nSPS) is 13.7. The first kappa shape index (κ1) is 18.1. The zero-order valence-corrected chi connectivity index (χ0v) is 22.6. The lowest BCUT2D eigenvalue weighted by atomic mass is 9.82. The minimum Gasteiger partial charge on any atom is -0.0622 e. The Labute approximate surface area is 256 Å². The molecule has 196 valence electrons. The molecule has 42 heavy (non-hydrogen) atoms. The van der Waals surface area contributed by atoms with E-state index in [-0.39, 0.29) is 53.1 Å². The molecule has 0 atom stereocenters. The Morgan fingerprint density at radius 3 is 1.64 bits per heavy atom. The molecule has 0 saturated heterocycles. The summed E-state index contributed by atoms with van der Waals surface area (Å²) in [6.07, 6.45) is 0. The van der Waals surface area contributed by atoms with E-state index in [4.69, 9.17) is 2.74 Å². The smallest absolute Gasteiger partial charge is 0.0622 e. The van der Waals surface area contributed by atoms with Crippen LogP contribution in [0.2, 0.25) is 0 Å². The summed E-state index contributed by atoms with van der Waals surface area (Å²) in [6.45, 7) is 0. The summed E-state index contributed by atoms with van der Waals surface area (Å²) in [5.41, 5.74) is 4.83. The molecular weight excluding hydrogens is 504 g/mol. The first-order valence-corrected chi connectivity index (χ1v) is 14.0. The summed E-state index contributed by atoms with van der Waals surface area (Å²) in [6, 6.07) is 38.8. The van der Waals surface area contributed by atoms with E-state index in [0.29, 0.717) is 44.2 Å². The van der Waals surface area contributed by atoms with Crippen LogP contribution >= 0.6 is 0 Å². The molecule has 0 unspecified atom stereocenters. The predicted octanol–water partition coefficient (Wildman–Crippen LogP) is 11.8. The molecule has 0 aliphatic carbocycles. The Morgan fingerprint density at radius 1 is 0.333 bits per heavy atom. The van der Waals surface area contributed by atoms with Crippen LogP contribution in [0.3, 0.4) is 0 Å². The van der Waals surface area contributed by atoms with Crippen LogP contribution in [0.4, 0.5) is 0 Å². The Morgan fingerprint density at radius 2 is 0.881 bits per heavy atom. The van der Waals surface area contributed by atoms with Crippen molar-refractivity contribution in [2.24, 2.45) is 0 Å². The lowest BCUT2D eigenvalue weighted by molar-refractivity contribution is 1.60. The van der Waals surface area contributed by atoms with Crippen molar-refractivity contribution in [3.8, 4) is 44.5 Å². The van der Waals surface area contributed by atoms with E-state index in [1.165, 1.54) is 0 Å². The summed E-state index contributed by atoms with van der Waals surface area (Å²) in [5, 5.41) is 2.96. The van der Waals surface area contributed by atoms with Gasteiger partial charge in [-0.25, -0.2) is 0 Å². The van der Waals surface area contributed by atoms with Crippen LogP contribution in [0.1, 0.15) is 9.60 Å². The minimum absolute atomic E-state index is 0.0239. The molecule has 0 nitrogen and oxygen atoms in total. The largest absolute Gasteiger partial charge is 0.0636 e. The number of rotatable bonds is 4. The molecule has 8 aromatic carbocycles. The molecule has 0 N–H and O–H groups in total. The molecule has 8 aromatic rings. The maximum atomic E-state index is 9.90. The van der Waals surface area contributed by atoms with Crippen molar-refractivity contribution in [2.45, 2.75) is 0 Å². The van der Waals surface area contributed by atoms with Crippen molar-refractivity contribution in [1.82, 2.24) is 0 Å². The van der Waals surface area contributed by atoms with Gasteiger partial charge in [0.05, 0.1) is 9.60 Å². The van der Waals surface area contributed by atoms with Crippen molar-refractivity contribution in [2.75, 3.05) is 0 Å². The average Bonchev–Trinajstić information content (AvgIpc) is 3.15. The highest BCUT2D eigenvalue weighted by atomic mass is 14.2. The zero-order valence-electron chi connectivity index (χ0n) is 29.6. The second kappa shape index (κ2) is 10.2. The summed E-state index contributed by atoms with van der Waals surface area (Å²) in [4.78, 5) is 0. The third-order valence-electron chi connectivity index (χ3n) is 7.90. The SMILES string of the molecule is [2H]c1c([2H])c([2H])c2c(-c3cccc4ccccc34)c3c([2H])c([2H])c(-c4ccccc4)c([2H])c3c(-c3ccccc3-c3ccccc3)c2c1[2H]. The van der Waals surface area contributed by atoms with E-state index in [0.717, 1.165) is 21.9 Å². The first-order chi connectivity index (χ1) is 23.8. The molecule has 0 amide bonds. The van der Waals surface area contributed by atoms with Crippen LogP contribution in [0.25, 0.3) is 76.8 Å². The molecule has 0 aromatic heterocycles. The first-order valence-electron chi connectivity index (χ1n) is 17.5. The average molecular weight is 540 g/mol. The topological polar surface area (TPSA) is 0 Å². The summed E-state index contributed by atoms with van der Waals surface area (Å²) >= 11 is 0. The Balaban J connectivity index is 1.73. The standard InChI is InChI=1S/C42H28/c1-3-14-29(15-4-1)32-26-27-39-40(28-32)42(35-22-10-9-21-33(35)30-16-5-2-6-17-30)38-24-12-11-23-37(38)41(39)36-25-13-19-31-18-7-8-20-34(31)36/h1-28H/i11D,12D,23D,24D,26D,27D,28D. The van der Waals surface area contributed by atoms with Gasteiger partial charge in [-0.3, -0.25) is 0 Å². The molecular formula is C42H28. The second-order valence-electron chi connectivity index (χ2n) is 10.3. The van der Waals surface area contributed by atoms with Crippen LogP contribution in [0.15, 0.2) is 170 Å². The van der Waals surface area contributed by atoms with E-state index in [1.807, 2.05) is 127 Å². The van der Waals surface area contributed by atoms with Gasteiger partial charge in [0.25, 0.3) is 0 Å². The van der Waals surface area contributed by atoms with E-state index >= 15 is 0 Å². The highest BCUT2D eigenvalue weighted by Crippen LogP contribution is 2.48. The third kappa shape index (κ3) is 4.00. The van der Waals surface area contributed by atoms with Gasteiger partial charge in [-0.2, -0.15) is 0 Å². The van der Waals surface area contributed by atoms with Crippen molar-refractivity contribution in [3.05, 3.63) is 170 Å². The fraction of sp³-hybridized carbons (Fsp3) is 0. The second-order valence-corrected chi connectivity index (χ2v) is 10.3. The van der Waals surface area contributed by atoms with Gasteiger partial charge in [-0.15, -0.1) is 0 Å². The molecule has 0 fully saturated rings. The van der Waals surface area contributed by atoms with E-state index < -0.39 is 0 Å². The molecule has 0 heterocycles. The van der Waals surface area contributed by atoms with E-state index in [1.54, 1.807) is 0 Å². The zero-order chi connectivity index (χ0) is 34.0. The van der Waals surface area contributed by atoms with Gasteiger partial charge in [0.1, 0.15) is 0 Å². The quantitative estimate of drug-likeness (QED) is 0.195. The predicted molar refractivity (Wildman–Crippen MR) is 181 cm³/mol. The molecule has 0 spiro atoms. The number of fused-ring (bicyclic) bond motifs is 3. The van der Waals surface area contributed by atoms with Crippen molar-refractivity contribution < 1.29 is 9.60 Å². The van der Waals surface area contributed by atoms with Crippen molar-refractivity contribution >= 4 is 32.3 Å². The lowest BCUT2D eigenvalue weighted by Crippen LogP contribution is -1.94. The molecule has 0 aliphatic heterocycles. The van der Waals surface area contributed by atoms with Gasteiger partial charge in [0.15, 0.2) is 0 Å². The molecule has 0 saturated carbocycles. The van der Waals surface area contributed by atoms with Gasteiger partial charge >= 0.3 is 0 Å². The number of hydrogen-bond acceptors (Lipinski definition) is 0. The van der Waals surface area contributed by atoms with Gasteiger partial charge in [-0.1, -0.05) is 164 Å². The van der Waals surface area contributed by atoms with Crippen LogP contribution in [0.5, 0.6) is 0 Å². The molecule has 0 bridgehead atoms. The molecule has 0 heteroatoms. The van der Waals surface area contributed by atoms with Crippen LogP contribution in [-0.2, 0) is 0 Å². The monoisotopic (exact) mass is 539 g/mol. The summed E-state index contributed by atoms with van der Waals surface area (Å²) < 4.78 is 65.4. The Bertz CT molecular complexity index is 2610. The number of hydrogen-bond donors (Lipinski definition) is 0. The maximum Gasteiger partial charge on any atom is 0.0636 e. The van der Waals surface area contributed by atoms with Crippen LogP contribution in [0, 0.1) is 0 Å². The maximum absolute atomic E-state index is 9.90. The van der Waals surface area contributed by atoms with E-state index in [2.05, 4.69) is 0 Å². The highest BCUT2D eigenvalue weighted by Gasteiger charge is 2.20. The Hall–Kier alpha value is -5.46. The van der Waals surface area contributed by atoms with Crippen LogP contribution < -0.4 is 0 Å². The minimum atomic E-state index is -0.384. The molecule has 0 aliphatic rings. The lowest BCUT2D eigenvalue weighted by Gasteiger charge is -2.21. The van der Waals surface area contributed by atoms with Crippen molar-refractivity contribution in [3.63, 3.8) is 0 Å². The third-order valence-corrected chi connectivity index (χ3v) is 7.90. The van der Waals surface area contributed by atoms with Gasteiger partial charge in [0.2, 0.25) is 0 Å². The van der Waals surface area contributed by atoms with E-state index in [9.17, 15) is 6.85 Å². The molecule has 8 rings (SSSR count). The fourth-order valence-corrected chi connectivity index (χ4v) is 6.02. The highest BCUT2D eigenvalue weighted by molar-refractivity contribution is 6.24. The van der Waals surface area contributed by atoms with Gasteiger partial charge < -0.3 is 0 Å². The van der Waals surface area contributed by atoms with Crippen molar-refractivity contribution in [1.29, 1.82) is 0 Å². The van der Waals surface area contributed by atoms with Gasteiger partial charge in [-0.05, 0) is 82.9 Å². The summed E-state index contributed by atoms with van der Waals surface area (Å²) in [5.74, 6) is 0. The Kier molecular flexibility index (Phi) is 4.38. The van der Waals surface area contributed by atoms with Crippen LogP contribution in [-0.4, -0.2) is 0 Å². The van der Waals surface area contributed by atoms with Gasteiger partial charge in [0, 0.05) is 0 Å². The molecule has 0 radical (unpaired) electrons. The fourth-order valence-electron chi connectivity index (χ4n) is 6.02.